The van der Waals surface area contributed by atoms with Crippen molar-refractivity contribution in [1.82, 2.24) is 24.1 Å². The molecule has 0 saturated heterocycles. The van der Waals surface area contributed by atoms with E-state index in [9.17, 15) is 18.0 Å². The quantitative estimate of drug-likeness (QED) is 0.371. The molecule has 7 nitrogen and oxygen atoms in total. The molecule has 4 aromatic heterocycles. The molecular formula is C20H14ClF3N6OS. The van der Waals surface area contributed by atoms with Gasteiger partial charge in [0, 0.05) is 30.5 Å². The van der Waals surface area contributed by atoms with Crippen LogP contribution in [-0.2, 0) is 6.54 Å². The van der Waals surface area contributed by atoms with E-state index in [0.29, 0.717) is 31.7 Å². The van der Waals surface area contributed by atoms with Gasteiger partial charge in [0.15, 0.2) is 5.13 Å². The maximum Gasteiger partial charge on any atom is 0.319 e. The molecule has 164 valence electrons. The summed E-state index contributed by atoms with van der Waals surface area (Å²) >= 11 is 7.27. The fourth-order valence-corrected chi connectivity index (χ4v) is 3.73. The van der Waals surface area contributed by atoms with Crippen molar-refractivity contribution in [3.63, 3.8) is 0 Å². The molecule has 0 radical (unpaired) electrons. The number of carbonyl (C=O) groups excluding carboxylic acids is 1. The minimum absolute atomic E-state index is 0.228. The molecule has 4 rings (SSSR count). The van der Waals surface area contributed by atoms with E-state index in [1.807, 2.05) is 0 Å². The number of nitrogens with one attached hydrogen (secondary N) is 1. The molecule has 12 heteroatoms. The Kier molecular flexibility index (Phi) is 6.37. The highest BCUT2D eigenvalue weighted by atomic mass is 35.5. The molecule has 1 N–H and O–H groups in total. The average Bonchev–Trinajstić information content (AvgIpc) is 3.46. The standard InChI is InChI=1S/C20H14ClF3N6OS/c21-13-6-16(29(8-13)7-12-3-4-25-17(22)5-12)18(31)28-20-27-15(10-32-20)2-1-14-9-30(11-26-14)19(23)24/h1-6,8-11,19H,7H2,(H,27,28,31)/b2-1+. The van der Waals surface area contributed by atoms with E-state index >= 15 is 0 Å². The van der Waals surface area contributed by atoms with Crippen LogP contribution in [0.4, 0.5) is 18.3 Å². The van der Waals surface area contributed by atoms with Crippen LogP contribution in [0, 0.1) is 5.95 Å². The van der Waals surface area contributed by atoms with Crippen molar-refractivity contribution >= 4 is 46.1 Å². The summed E-state index contributed by atoms with van der Waals surface area (Å²) in [6, 6.07) is 4.42. The first-order valence-electron chi connectivity index (χ1n) is 9.10. The summed E-state index contributed by atoms with van der Waals surface area (Å²) in [6.07, 6.45) is 8.31. The van der Waals surface area contributed by atoms with Crippen molar-refractivity contribution in [3.05, 3.63) is 82.1 Å². The fourth-order valence-electron chi connectivity index (χ4n) is 2.83. The van der Waals surface area contributed by atoms with Crippen LogP contribution in [0.3, 0.4) is 0 Å². The largest absolute Gasteiger partial charge is 0.338 e. The van der Waals surface area contributed by atoms with E-state index in [-0.39, 0.29) is 12.2 Å². The maximum absolute atomic E-state index is 13.4. The lowest BCUT2D eigenvalue weighted by atomic mass is 10.2. The van der Waals surface area contributed by atoms with Gasteiger partial charge in [-0.2, -0.15) is 13.2 Å². The van der Waals surface area contributed by atoms with Gasteiger partial charge in [0.05, 0.1) is 22.7 Å². The summed E-state index contributed by atoms with van der Waals surface area (Å²) in [5, 5.41) is 5.09. The summed E-state index contributed by atoms with van der Waals surface area (Å²) in [7, 11) is 0. The second kappa shape index (κ2) is 9.37. The van der Waals surface area contributed by atoms with Gasteiger partial charge in [0.2, 0.25) is 5.95 Å². The number of alkyl halides is 2. The number of thiazole rings is 1. The van der Waals surface area contributed by atoms with Gasteiger partial charge in [-0.3, -0.25) is 14.7 Å². The summed E-state index contributed by atoms with van der Waals surface area (Å²) in [5.41, 5.74) is 1.77. The molecule has 4 heterocycles. The lowest BCUT2D eigenvalue weighted by Gasteiger charge is -2.08. The average molecular weight is 479 g/mol. The van der Waals surface area contributed by atoms with Crippen molar-refractivity contribution in [2.24, 2.45) is 0 Å². The Hall–Kier alpha value is -3.44. The lowest BCUT2D eigenvalue weighted by molar-refractivity contribution is 0.0701. The second-order valence-electron chi connectivity index (χ2n) is 6.55. The van der Waals surface area contributed by atoms with Crippen LogP contribution in [0.1, 0.15) is 34.0 Å². The highest BCUT2D eigenvalue weighted by Gasteiger charge is 2.15. The zero-order valence-electron chi connectivity index (χ0n) is 16.1. The van der Waals surface area contributed by atoms with Gasteiger partial charge >= 0.3 is 6.55 Å². The van der Waals surface area contributed by atoms with Crippen LogP contribution in [-0.4, -0.2) is 30.0 Å². The number of hydrogen-bond acceptors (Lipinski definition) is 5. The molecule has 4 aromatic rings. The summed E-state index contributed by atoms with van der Waals surface area (Å²) in [6.45, 7) is -2.43. The van der Waals surface area contributed by atoms with Crippen molar-refractivity contribution in [3.8, 4) is 0 Å². The number of pyridine rings is 1. The molecule has 1 amide bonds. The minimum atomic E-state index is -2.66. The number of imidazole rings is 1. The van der Waals surface area contributed by atoms with Crippen LogP contribution in [0.5, 0.6) is 0 Å². The SMILES string of the molecule is O=C(Nc1nc(/C=C/c2cn(C(F)F)cn2)cs1)c1cc(Cl)cn1Cc1ccnc(F)c1. The van der Waals surface area contributed by atoms with E-state index in [1.54, 1.807) is 28.3 Å². The molecule has 0 aromatic carbocycles. The minimum Gasteiger partial charge on any atom is -0.338 e. The first-order valence-corrected chi connectivity index (χ1v) is 10.4. The highest BCUT2D eigenvalue weighted by Crippen LogP contribution is 2.21. The molecule has 0 aliphatic rings. The van der Waals surface area contributed by atoms with E-state index in [0.717, 1.165) is 6.33 Å². The third-order valence-electron chi connectivity index (χ3n) is 4.25. The van der Waals surface area contributed by atoms with Gasteiger partial charge in [-0.15, -0.1) is 11.3 Å². The number of hydrogen-bond donors (Lipinski definition) is 1. The number of halogens is 4. The van der Waals surface area contributed by atoms with E-state index in [4.69, 9.17) is 11.6 Å². The summed E-state index contributed by atoms with van der Waals surface area (Å²) < 4.78 is 40.8. The van der Waals surface area contributed by atoms with E-state index < -0.39 is 18.4 Å². The zero-order chi connectivity index (χ0) is 22.7. The molecule has 0 aliphatic heterocycles. The molecular weight excluding hydrogens is 465 g/mol. The van der Waals surface area contributed by atoms with E-state index in [2.05, 4.69) is 20.3 Å². The number of amides is 1. The smallest absolute Gasteiger partial charge is 0.319 e. The molecule has 0 atom stereocenters. The van der Waals surface area contributed by atoms with Gasteiger partial charge < -0.3 is 4.57 Å². The Balaban J connectivity index is 1.44. The third kappa shape index (κ3) is 5.24. The second-order valence-corrected chi connectivity index (χ2v) is 7.84. The van der Waals surface area contributed by atoms with Crippen molar-refractivity contribution in [2.45, 2.75) is 13.1 Å². The Bertz CT molecular complexity index is 1280. The molecule has 0 saturated carbocycles. The lowest BCUT2D eigenvalue weighted by Crippen LogP contribution is -2.17. The first kappa shape index (κ1) is 21.8. The fraction of sp³-hybridized carbons (Fsp3) is 0.100. The molecule has 0 fully saturated rings. The van der Waals surface area contributed by atoms with Crippen molar-refractivity contribution < 1.29 is 18.0 Å². The normalized spacial score (nSPS) is 11.5. The number of rotatable bonds is 7. The zero-order valence-corrected chi connectivity index (χ0v) is 17.7. The Morgan fingerprint density at radius 1 is 1.22 bits per heavy atom. The Morgan fingerprint density at radius 2 is 2.03 bits per heavy atom. The van der Waals surface area contributed by atoms with Crippen molar-refractivity contribution in [2.75, 3.05) is 5.32 Å². The van der Waals surface area contributed by atoms with E-state index in [1.165, 1.54) is 41.9 Å². The van der Waals surface area contributed by atoms with Crippen LogP contribution in [0.15, 0.2) is 48.5 Å². The Morgan fingerprint density at radius 3 is 2.78 bits per heavy atom. The molecule has 0 aliphatic carbocycles. The predicted molar refractivity (Wildman–Crippen MR) is 115 cm³/mol. The number of aromatic nitrogens is 5. The highest BCUT2D eigenvalue weighted by molar-refractivity contribution is 7.14. The topological polar surface area (TPSA) is 77.6 Å². The number of anilines is 1. The molecule has 0 bridgehead atoms. The van der Waals surface area contributed by atoms with Gasteiger partial charge in [-0.1, -0.05) is 11.6 Å². The summed E-state index contributed by atoms with van der Waals surface area (Å²) in [4.78, 5) is 24.4. The van der Waals surface area contributed by atoms with Crippen LogP contribution >= 0.6 is 22.9 Å². The maximum atomic E-state index is 13.4. The first-order chi connectivity index (χ1) is 15.4. The van der Waals surface area contributed by atoms with Gasteiger partial charge in [0.25, 0.3) is 5.91 Å². The monoisotopic (exact) mass is 478 g/mol. The van der Waals surface area contributed by atoms with Crippen LogP contribution in [0.2, 0.25) is 5.02 Å². The summed E-state index contributed by atoms with van der Waals surface area (Å²) in [5.74, 6) is -1.05. The number of nitrogens with zero attached hydrogens (tertiary/aromatic N) is 5. The van der Waals surface area contributed by atoms with Gasteiger partial charge in [0.1, 0.15) is 5.69 Å². The van der Waals surface area contributed by atoms with Crippen LogP contribution in [0.25, 0.3) is 12.2 Å². The van der Waals surface area contributed by atoms with Crippen molar-refractivity contribution in [1.29, 1.82) is 0 Å². The van der Waals surface area contributed by atoms with Crippen LogP contribution < -0.4 is 5.32 Å². The van der Waals surface area contributed by atoms with Gasteiger partial charge in [-0.25, -0.2) is 15.0 Å². The third-order valence-corrected chi connectivity index (χ3v) is 5.24. The van der Waals surface area contributed by atoms with Gasteiger partial charge in [-0.05, 0) is 35.9 Å². The molecule has 0 spiro atoms. The number of carbonyl (C=O) groups is 1. The predicted octanol–water partition coefficient (Wildman–Crippen LogP) is 5.19. The molecule has 0 unspecified atom stereocenters. The Labute approximate surface area is 188 Å². The molecule has 32 heavy (non-hydrogen) atoms.